The van der Waals surface area contributed by atoms with Gasteiger partial charge in [0.05, 0.1) is 0 Å². The average Bonchev–Trinajstić information content (AvgIpc) is 3.18. The number of piperazine rings is 1. The lowest BCUT2D eigenvalue weighted by Crippen LogP contribution is -2.60. The molecule has 144 valence electrons. The van der Waals surface area contributed by atoms with Crippen LogP contribution in [0.5, 0.6) is 0 Å². The van der Waals surface area contributed by atoms with Gasteiger partial charge in [0.1, 0.15) is 0 Å². The van der Waals surface area contributed by atoms with Crippen LogP contribution in [0.25, 0.3) is 11.4 Å². The molecule has 0 saturated carbocycles. The van der Waals surface area contributed by atoms with Crippen LogP contribution in [0, 0.1) is 0 Å². The molecule has 0 bridgehead atoms. The Morgan fingerprint density at radius 3 is 2.67 bits per heavy atom. The minimum Gasteiger partial charge on any atom is -0.346 e. The highest BCUT2D eigenvalue weighted by Crippen LogP contribution is 2.32. The Morgan fingerprint density at radius 1 is 1.11 bits per heavy atom. The molecule has 1 N–H and O–H groups in total. The SMILES string of the molecule is CN1CCC2(CCC1=O)CN(Cc1ccc(-c3nn[nH]n3)cc1)CCN2C. The standard InChI is InChI=1S/C19H27N7O/c1-24-10-9-19(8-7-17(24)27)14-26(12-11-25(19)2)13-15-3-5-16(6-4-15)18-20-22-23-21-18/h3-6H,7-14H2,1-2H3,(H,20,21,22,23). The lowest BCUT2D eigenvalue weighted by atomic mass is 9.86. The molecule has 0 radical (unpaired) electrons. The molecule has 2 aromatic rings. The third-order valence-electron chi connectivity index (χ3n) is 6.19. The fraction of sp³-hybridized carbons (Fsp3) is 0.579. The average molecular weight is 369 g/mol. The molecule has 2 aliphatic rings. The number of benzene rings is 1. The number of aromatic nitrogens is 4. The summed E-state index contributed by atoms with van der Waals surface area (Å²) in [5, 5.41) is 14.1. The molecule has 1 unspecified atom stereocenters. The van der Waals surface area contributed by atoms with Crippen molar-refractivity contribution in [1.82, 2.24) is 35.3 Å². The first-order valence-corrected chi connectivity index (χ1v) is 9.56. The third kappa shape index (κ3) is 3.72. The quantitative estimate of drug-likeness (QED) is 0.869. The lowest BCUT2D eigenvalue weighted by molar-refractivity contribution is -0.129. The zero-order chi connectivity index (χ0) is 18.9. The maximum absolute atomic E-state index is 12.1. The van der Waals surface area contributed by atoms with Gasteiger partial charge in [-0.15, -0.1) is 10.2 Å². The van der Waals surface area contributed by atoms with Crippen molar-refractivity contribution in [3.63, 3.8) is 0 Å². The number of carbonyl (C=O) groups excluding carboxylic acids is 1. The summed E-state index contributed by atoms with van der Waals surface area (Å²) in [6.45, 7) is 4.87. The predicted octanol–water partition coefficient (Wildman–Crippen LogP) is 0.995. The van der Waals surface area contributed by atoms with Crippen LogP contribution in [0.15, 0.2) is 24.3 Å². The topological polar surface area (TPSA) is 81.2 Å². The number of likely N-dealkylation sites (tertiary alicyclic amines) is 1. The van der Waals surface area contributed by atoms with Crippen LogP contribution in [-0.4, -0.2) is 87.0 Å². The van der Waals surface area contributed by atoms with E-state index in [1.165, 1.54) is 5.56 Å². The van der Waals surface area contributed by atoms with Crippen LogP contribution >= 0.6 is 0 Å². The van der Waals surface area contributed by atoms with E-state index in [0.717, 1.165) is 51.1 Å². The number of nitrogens with zero attached hydrogens (tertiary/aromatic N) is 6. The number of tetrazole rings is 1. The molecule has 1 spiro atoms. The second kappa shape index (κ2) is 7.36. The van der Waals surface area contributed by atoms with Gasteiger partial charge in [-0.1, -0.05) is 24.3 Å². The first-order chi connectivity index (χ1) is 13.1. The second-order valence-electron chi connectivity index (χ2n) is 7.85. The highest BCUT2D eigenvalue weighted by molar-refractivity contribution is 5.76. The number of H-pyrrole nitrogens is 1. The highest BCUT2D eigenvalue weighted by atomic mass is 16.2. The molecule has 1 atom stereocenters. The summed E-state index contributed by atoms with van der Waals surface area (Å²) in [6.07, 6.45) is 2.63. The van der Waals surface area contributed by atoms with Gasteiger partial charge in [-0.05, 0) is 30.7 Å². The zero-order valence-corrected chi connectivity index (χ0v) is 16.1. The van der Waals surface area contributed by atoms with Gasteiger partial charge in [-0.2, -0.15) is 5.21 Å². The van der Waals surface area contributed by atoms with Gasteiger partial charge in [0.25, 0.3) is 0 Å². The maximum Gasteiger partial charge on any atom is 0.222 e. The molecule has 3 heterocycles. The minimum atomic E-state index is 0.100. The summed E-state index contributed by atoms with van der Waals surface area (Å²) < 4.78 is 0. The van der Waals surface area contributed by atoms with Crippen molar-refractivity contribution in [1.29, 1.82) is 0 Å². The smallest absolute Gasteiger partial charge is 0.222 e. The van der Waals surface area contributed by atoms with Gasteiger partial charge >= 0.3 is 0 Å². The molecule has 0 aliphatic carbocycles. The van der Waals surface area contributed by atoms with E-state index in [9.17, 15) is 4.79 Å². The van der Waals surface area contributed by atoms with Crippen LogP contribution in [-0.2, 0) is 11.3 Å². The maximum atomic E-state index is 12.1. The van der Waals surface area contributed by atoms with E-state index in [1.54, 1.807) is 0 Å². The number of nitrogens with one attached hydrogen (secondary N) is 1. The van der Waals surface area contributed by atoms with Crippen molar-refractivity contribution in [2.75, 3.05) is 40.3 Å². The van der Waals surface area contributed by atoms with E-state index in [0.29, 0.717) is 12.2 Å². The third-order valence-corrected chi connectivity index (χ3v) is 6.19. The van der Waals surface area contributed by atoms with E-state index < -0.39 is 0 Å². The monoisotopic (exact) mass is 369 g/mol. The van der Waals surface area contributed by atoms with Gasteiger partial charge in [0, 0.05) is 57.3 Å². The summed E-state index contributed by atoms with van der Waals surface area (Å²) in [4.78, 5) is 19.0. The van der Waals surface area contributed by atoms with Gasteiger partial charge in [0.2, 0.25) is 11.7 Å². The van der Waals surface area contributed by atoms with Crippen LogP contribution in [0.2, 0.25) is 0 Å². The Balaban J connectivity index is 1.44. The van der Waals surface area contributed by atoms with Gasteiger partial charge < -0.3 is 4.90 Å². The normalized spacial score (nSPS) is 25.1. The molecule has 4 rings (SSSR count). The number of hydrogen-bond donors (Lipinski definition) is 1. The summed E-state index contributed by atoms with van der Waals surface area (Å²) in [5.74, 6) is 0.891. The zero-order valence-electron chi connectivity index (χ0n) is 16.1. The highest BCUT2D eigenvalue weighted by Gasteiger charge is 2.41. The fourth-order valence-electron chi connectivity index (χ4n) is 4.28. The molecule has 2 aliphatic heterocycles. The predicted molar refractivity (Wildman–Crippen MR) is 102 cm³/mol. The van der Waals surface area contributed by atoms with Crippen molar-refractivity contribution < 1.29 is 4.79 Å². The Kier molecular flexibility index (Phi) is 4.92. The molecule has 1 amide bonds. The molecule has 8 heteroatoms. The minimum absolute atomic E-state index is 0.100. The lowest BCUT2D eigenvalue weighted by Gasteiger charge is -2.49. The van der Waals surface area contributed by atoms with E-state index in [2.05, 4.69) is 49.6 Å². The van der Waals surface area contributed by atoms with Crippen molar-refractivity contribution in [3.8, 4) is 11.4 Å². The van der Waals surface area contributed by atoms with Gasteiger partial charge in [0.15, 0.2) is 0 Å². The molecule has 27 heavy (non-hydrogen) atoms. The van der Waals surface area contributed by atoms with Gasteiger partial charge in [-0.3, -0.25) is 14.6 Å². The Hall–Kier alpha value is -2.32. The first-order valence-electron chi connectivity index (χ1n) is 9.56. The number of hydrogen-bond acceptors (Lipinski definition) is 6. The van der Waals surface area contributed by atoms with Crippen LogP contribution < -0.4 is 0 Å². The molecule has 8 nitrogen and oxygen atoms in total. The van der Waals surface area contributed by atoms with Crippen molar-refractivity contribution >= 4 is 5.91 Å². The Labute approximate surface area is 159 Å². The number of aromatic amines is 1. The van der Waals surface area contributed by atoms with Crippen LogP contribution in [0.4, 0.5) is 0 Å². The van der Waals surface area contributed by atoms with Crippen molar-refractivity contribution in [3.05, 3.63) is 29.8 Å². The first kappa shape index (κ1) is 18.1. The Bertz CT molecular complexity index is 776. The van der Waals surface area contributed by atoms with Crippen LogP contribution in [0.3, 0.4) is 0 Å². The van der Waals surface area contributed by atoms with Crippen molar-refractivity contribution in [2.45, 2.75) is 31.3 Å². The number of likely N-dealkylation sites (N-methyl/N-ethyl adjacent to an activating group) is 1. The fourth-order valence-corrected chi connectivity index (χ4v) is 4.28. The van der Waals surface area contributed by atoms with E-state index >= 15 is 0 Å². The summed E-state index contributed by atoms with van der Waals surface area (Å²) in [5.41, 5.74) is 2.35. The van der Waals surface area contributed by atoms with Crippen LogP contribution in [0.1, 0.15) is 24.8 Å². The number of amides is 1. The van der Waals surface area contributed by atoms with E-state index in [-0.39, 0.29) is 11.4 Å². The molecular formula is C19H27N7O. The van der Waals surface area contributed by atoms with Crippen molar-refractivity contribution in [2.24, 2.45) is 0 Å². The molecule has 1 aromatic heterocycles. The Morgan fingerprint density at radius 2 is 1.93 bits per heavy atom. The molecular weight excluding hydrogens is 342 g/mol. The summed E-state index contributed by atoms with van der Waals surface area (Å²) >= 11 is 0. The molecule has 2 saturated heterocycles. The van der Waals surface area contributed by atoms with Gasteiger partial charge in [-0.25, -0.2) is 0 Å². The second-order valence-corrected chi connectivity index (χ2v) is 7.85. The summed E-state index contributed by atoms with van der Waals surface area (Å²) in [6, 6.07) is 8.37. The summed E-state index contributed by atoms with van der Waals surface area (Å²) in [7, 11) is 4.14. The van der Waals surface area contributed by atoms with E-state index in [1.807, 2.05) is 24.1 Å². The molecule has 2 fully saturated rings. The number of rotatable bonds is 3. The number of carbonyl (C=O) groups is 1. The van der Waals surface area contributed by atoms with E-state index in [4.69, 9.17) is 0 Å². The molecule has 1 aromatic carbocycles. The largest absolute Gasteiger partial charge is 0.346 e.